The maximum Gasteiger partial charge on any atom is 0.336 e. The predicted octanol–water partition coefficient (Wildman–Crippen LogP) is 3.63. The lowest BCUT2D eigenvalue weighted by molar-refractivity contribution is 0.0692. The van der Waals surface area contributed by atoms with Crippen molar-refractivity contribution in [2.45, 2.75) is 0 Å². The van der Waals surface area contributed by atoms with E-state index in [0.29, 0.717) is 21.2 Å². The molecule has 0 bridgehead atoms. The molecule has 0 saturated heterocycles. The van der Waals surface area contributed by atoms with Gasteiger partial charge in [-0.05, 0) is 46.5 Å². The fraction of sp³-hybridized carbons (Fsp3) is 0.0909. The molecule has 0 spiro atoms. The van der Waals surface area contributed by atoms with Crippen LogP contribution in [0.5, 0.6) is 5.88 Å². The summed E-state index contributed by atoms with van der Waals surface area (Å²) in [5.74, 6) is -3.58. The van der Waals surface area contributed by atoms with Crippen LogP contribution in [-0.4, -0.2) is 49.7 Å². The Morgan fingerprint density at radius 1 is 0.971 bits per heavy atom. The Bertz CT molecular complexity index is 1370. The topological polar surface area (TPSA) is 146 Å². The van der Waals surface area contributed by atoms with Gasteiger partial charge in [0.15, 0.2) is 0 Å². The molecule has 0 unspecified atom stereocenters. The second kappa shape index (κ2) is 9.80. The first kappa shape index (κ1) is 25.2. The van der Waals surface area contributed by atoms with Crippen LogP contribution in [-0.2, 0) is 10.1 Å². The fourth-order valence-electron chi connectivity index (χ4n) is 2.98. The standard InChI is InChI=1S/C22H19Cl2N3O6S/c1-34(2,33)27-19(28)11-3-5-15(22(31)32)16(7-11)20(29)26-18-8-12(10-25-21(18)30)14-6-4-13(23)9-17(14)24/h3-10,34H,1-2H3,(H,25,30)(H,26,29)(H,31,32)(H,27,28,33). The molecule has 0 saturated carbocycles. The summed E-state index contributed by atoms with van der Waals surface area (Å²) in [6.45, 7) is 0. The van der Waals surface area contributed by atoms with E-state index in [2.05, 4.69) is 15.0 Å². The quantitative estimate of drug-likeness (QED) is 0.310. The highest BCUT2D eigenvalue weighted by molar-refractivity contribution is 8.00. The van der Waals surface area contributed by atoms with Crippen LogP contribution in [0.25, 0.3) is 11.1 Å². The van der Waals surface area contributed by atoms with E-state index in [4.69, 9.17) is 23.2 Å². The second-order valence-electron chi connectivity index (χ2n) is 7.53. The van der Waals surface area contributed by atoms with Gasteiger partial charge in [-0.1, -0.05) is 29.3 Å². The first-order chi connectivity index (χ1) is 15.9. The predicted molar refractivity (Wildman–Crippen MR) is 132 cm³/mol. The molecule has 1 aromatic heterocycles. The van der Waals surface area contributed by atoms with Crippen molar-refractivity contribution in [2.24, 2.45) is 0 Å². The zero-order valence-electron chi connectivity index (χ0n) is 17.8. The summed E-state index contributed by atoms with van der Waals surface area (Å²) >= 11 is 12.1. The highest BCUT2D eigenvalue weighted by Crippen LogP contribution is 2.33. The number of hydrogen-bond acceptors (Lipinski definition) is 6. The van der Waals surface area contributed by atoms with E-state index in [1.54, 1.807) is 12.1 Å². The normalized spacial score (nSPS) is 11.5. The fourth-order valence-corrected chi connectivity index (χ4v) is 4.11. The molecule has 0 atom stereocenters. The Morgan fingerprint density at radius 3 is 2.29 bits per heavy atom. The number of hydrogen-bond donors (Lipinski definition) is 5. The van der Waals surface area contributed by atoms with E-state index in [-0.39, 0.29) is 22.4 Å². The Kier molecular flexibility index (Phi) is 7.25. The van der Waals surface area contributed by atoms with Crippen LogP contribution in [0.15, 0.2) is 48.7 Å². The third-order valence-electron chi connectivity index (χ3n) is 4.48. The van der Waals surface area contributed by atoms with E-state index in [9.17, 15) is 28.8 Å². The minimum atomic E-state index is -2.94. The molecule has 3 rings (SSSR count). The van der Waals surface area contributed by atoms with Crippen LogP contribution in [0, 0.1) is 0 Å². The summed E-state index contributed by atoms with van der Waals surface area (Å²) < 4.78 is 14.2. The number of halogens is 2. The third-order valence-corrected chi connectivity index (χ3v) is 5.77. The Labute approximate surface area is 205 Å². The van der Waals surface area contributed by atoms with Gasteiger partial charge in [-0.15, -0.1) is 0 Å². The minimum absolute atomic E-state index is 0.0666. The molecular weight excluding hydrogens is 505 g/mol. The number of carbonyl (C=O) groups excluding carboxylic acids is 2. The molecule has 0 radical (unpaired) electrons. The van der Waals surface area contributed by atoms with Gasteiger partial charge in [0.1, 0.15) is 5.69 Å². The molecule has 178 valence electrons. The zero-order valence-corrected chi connectivity index (χ0v) is 20.2. The van der Waals surface area contributed by atoms with Crippen molar-refractivity contribution in [1.29, 1.82) is 0 Å². The lowest BCUT2D eigenvalue weighted by Gasteiger charge is -2.15. The molecule has 2 aromatic carbocycles. The second-order valence-corrected chi connectivity index (χ2v) is 11.3. The van der Waals surface area contributed by atoms with E-state index in [1.807, 2.05) is 0 Å². The van der Waals surface area contributed by atoms with Crippen LogP contribution in [0.1, 0.15) is 31.1 Å². The van der Waals surface area contributed by atoms with Gasteiger partial charge in [-0.3, -0.25) is 18.5 Å². The van der Waals surface area contributed by atoms with Gasteiger partial charge < -0.3 is 15.5 Å². The van der Waals surface area contributed by atoms with E-state index in [0.717, 1.165) is 12.1 Å². The van der Waals surface area contributed by atoms with Gasteiger partial charge in [0.05, 0.1) is 11.1 Å². The van der Waals surface area contributed by atoms with Gasteiger partial charge in [-0.25, -0.2) is 9.78 Å². The molecule has 4 N–H and O–H groups in total. The lowest BCUT2D eigenvalue weighted by Crippen LogP contribution is -2.34. The number of anilines is 1. The molecular formula is C22H19Cl2N3O6S. The number of pyridine rings is 1. The number of carboxylic acids is 1. The smallest absolute Gasteiger partial charge is 0.336 e. The molecule has 0 aliphatic rings. The van der Waals surface area contributed by atoms with Gasteiger partial charge in [0, 0.05) is 45.4 Å². The van der Waals surface area contributed by atoms with Crippen LogP contribution >= 0.6 is 23.2 Å². The minimum Gasteiger partial charge on any atom is -0.492 e. The summed E-state index contributed by atoms with van der Waals surface area (Å²) in [4.78, 5) is 40.8. The summed E-state index contributed by atoms with van der Waals surface area (Å²) in [6.07, 6.45) is 4.03. The Morgan fingerprint density at radius 2 is 1.68 bits per heavy atom. The average Bonchev–Trinajstić information content (AvgIpc) is 2.73. The van der Waals surface area contributed by atoms with Crippen LogP contribution in [0.4, 0.5) is 5.69 Å². The number of nitrogens with one attached hydrogen (secondary N) is 2. The number of aromatic carboxylic acids is 1. The number of aromatic nitrogens is 1. The maximum atomic E-state index is 13.0. The summed E-state index contributed by atoms with van der Waals surface area (Å²) in [5.41, 5.74) is 0.0612. The van der Waals surface area contributed by atoms with Gasteiger partial charge in [0.25, 0.3) is 11.8 Å². The molecule has 9 nitrogen and oxygen atoms in total. The number of carboxylic acid groups (broad SMARTS) is 1. The summed E-state index contributed by atoms with van der Waals surface area (Å²) in [7, 11) is -2.94. The molecule has 0 fully saturated rings. The third kappa shape index (κ3) is 5.90. The Balaban J connectivity index is 1.99. The largest absolute Gasteiger partial charge is 0.492 e. The number of aromatic hydroxyl groups is 1. The number of benzene rings is 2. The van der Waals surface area contributed by atoms with Crippen LogP contribution in [0.3, 0.4) is 0 Å². The van der Waals surface area contributed by atoms with Crippen LogP contribution < -0.4 is 10.0 Å². The van der Waals surface area contributed by atoms with Crippen molar-refractivity contribution in [1.82, 2.24) is 9.71 Å². The number of carbonyl (C=O) groups is 3. The first-order valence-electron chi connectivity index (χ1n) is 9.56. The number of amides is 2. The van der Waals surface area contributed by atoms with Crippen molar-refractivity contribution < 1.29 is 28.8 Å². The number of thiol groups is 1. The molecule has 3 aromatic rings. The Hall–Kier alpha value is -3.47. The van der Waals surface area contributed by atoms with E-state index in [1.165, 1.54) is 36.9 Å². The maximum absolute atomic E-state index is 13.0. The monoisotopic (exact) mass is 523 g/mol. The summed E-state index contributed by atoms with van der Waals surface area (Å²) in [5, 5.41) is 22.8. The SMILES string of the molecule is C[SH](C)(=O)NC(=O)c1ccc(C(=O)O)c(C(=O)Nc2cc(-c3ccc(Cl)cc3Cl)cnc2O)c1. The van der Waals surface area contributed by atoms with Gasteiger partial charge in [0.2, 0.25) is 5.88 Å². The van der Waals surface area contributed by atoms with Crippen molar-refractivity contribution in [3.05, 3.63) is 75.4 Å². The van der Waals surface area contributed by atoms with Crippen molar-refractivity contribution in [3.63, 3.8) is 0 Å². The molecule has 0 aliphatic carbocycles. The average molecular weight is 524 g/mol. The zero-order chi connectivity index (χ0) is 25.2. The molecule has 34 heavy (non-hydrogen) atoms. The highest BCUT2D eigenvalue weighted by atomic mass is 35.5. The van der Waals surface area contributed by atoms with Crippen molar-refractivity contribution in [2.75, 3.05) is 17.8 Å². The van der Waals surface area contributed by atoms with Gasteiger partial charge in [-0.2, -0.15) is 0 Å². The van der Waals surface area contributed by atoms with Gasteiger partial charge >= 0.3 is 5.97 Å². The van der Waals surface area contributed by atoms with Crippen molar-refractivity contribution >= 4 is 56.8 Å². The first-order valence-corrected chi connectivity index (χ1v) is 12.9. The number of rotatable bonds is 6. The molecule has 0 aliphatic heterocycles. The summed E-state index contributed by atoms with van der Waals surface area (Å²) in [6, 6.07) is 9.51. The molecule has 2 amide bonds. The van der Waals surface area contributed by atoms with E-state index < -0.39 is 33.8 Å². The van der Waals surface area contributed by atoms with Crippen molar-refractivity contribution in [3.8, 4) is 17.0 Å². The number of nitrogens with zero attached hydrogens (tertiary/aromatic N) is 1. The highest BCUT2D eigenvalue weighted by Gasteiger charge is 2.21. The molecule has 1 heterocycles. The lowest BCUT2D eigenvalue weighted by atomic mass is 10.0. The van der Waals surface area contributed by atoms with E-state index >= 15 is 0 Å². The van der Waals surface area contributed by atoms with Crippen LogP contribution in [0.2, 0.25) is 10.0 Å². The molecule has 12 heteroatoms.